The SMILES string of the molecule is C[Si](C)(C)OC(CCCl)P(=O)(O)CC1CCCCC1. The Kier molecular flexibility index (Phi) is 7.09. The smallest absolute Gasteiger partial charge is 0.227 e. The predicted molar refractivity (Wildman–Crippen MR) is 84.8 cm³/mol. The van der Waals surface area contributed by atoms with Crippen molar-refractivity contribution in [3.05, 3.63) is 0 Å². The Morgan fingerprint density at radius 1 is 1.32 bits per heavy atom. The molecule has 0 radical (unpaired) electrons. The van der Waals surface area contributed by atoms with Crippen molar-refractivity contribution in [2.75, 3.05) is 12.0 Å². The highest BCUT2D eigenvalue weighted by atomic mass is 35.5. The van der Waals surface area contributed by atoms with Crippen molar-refractivity contribution in [2.24, 2.45) is 5.92 Å². The molecule has 1 aliphatic carbocycles. The minimum Gasteiger partial charge on any atom is -0.405 e. The van der Waals surface area contributed by atoms with Crippen LogP contribution in [-0.2, 0) is 8.99 Å². The van der Waals surface area contributed by atoms with Gasteiger partial charge < -0.3 is 9.32 Å². The highest BCUT2D eigenvalue weighted by Crippen LogP contribution is 2.52. The third kappa shape index (κ3) is 6.77. The van der Waals surface area contributed by atoms with E-state index >= 15 is 0 Å². The first-order chi connectivity index (χ1) is 8.74. The van der Waals surface area contributed by atoms with Gasteiger partial charge in [0, 0.05) is 12.0 Å². The number of rotatable bonds is 7. The normalized spacial score (nSPS) is 23.0. The van der Waals surface area contributed by atoms with Crippen molar-refractivity contribution >= 4 is 27.3 Å². The van der Waals surface area contributed by atoms with E-state index in [0.29, 0.717) is 24.4 Å². The lowest BCUT2D eigenvalue weighted by molar-refractivity contribution is 0.239. The first kappa shape index (κ1) is 17.7. The van der Waals surface area contributed by atoms with Gasteiger partial charge in [-0.05, 0) is 44.8 Å². The molecule has 0 aromatic heterocycles. The van der Waals surface area contributed by atoms with Crippen molar-refractivity contribution in [1.29, 1.82) is 0 Å². The fraction of sp³-hybridized carbons (Fsp3) is 1.00. The molecule has 1 N–H and O–H groups in total. The van der Waals surface area contributed by atoms with Crippen LogP contribution in [0, 0.1) is 5.92 Å². The van der Waals surface area contributed by atoms with Crippen molar-refractivity contribution in [2.45, 2.75) is 64.0 Å². The van der Waals surface area contributed by atoms with Gasteiger partial charge >= 0.3 is 0 Å². The third-order valence-corrected chi connectivity index (χ3v) is 7.25. The Morgan fingerprint density at radius 3 is 2.37 bits per heavy atom. The molecule has 0 saturated heterocycles. The summed E-state index contributed by atoms with van der Waals surface area (Å²) < 4.78 is 18.6. The first-order valence-corrected chi connectivity index (χ1v) is 13.2. The molecule has 1 aliphatic rings. The first-order valence-electron chi connectivity index (χ1n) is 7.30. The summed E-state index contributed by atoms with van der Waals surface area (Å²) in [6.45, 7) is 6.15. The lowest BCUT2D eigenvalue weighted by atomic mass is 9.91. The molecule has 0 spiro atoms. The van der Waals surface area contributed by atoms with Gasteiger partial charge in [-0.15, -0.1) is 11.6 Å². The van der Waals surface area contributed by atoms with Crippen LogP contribution in [0.25, 0.3) is 0 Å². The molecule has 0 amide bonds. The van der Waals surface area contributed by atoms with Gasteiger partial charge in [0.1, 0.15) is 5.85 Å². The van der Waals surface area contributed by atoms with Gasteiger partial charge in [-0.1, -0.05) is 19.3 Å². The van der Waals surface area contributed by atoms with Crippen LogP contribution in [0.4, 0.5) is 0 Å². The maximum atomic E-state index is 12.6. The minimum atomic E-state index is -3.26. The van der Waals surface area contributed by atoms with E-state index < -0.39 is 21.5 Å². The maximum absolute atomic E-state index is 12.6. The monoisotopic (exact) mass is 326 g/mol. The van der Waals surface area contributed by atoms with Gasteiger partial charge in [0.05, 0.1) is 0 Å². The van der Waals surface area contributed by atoms with E-state index in [9.17, 15) is 9.46 Å². The van der Waals surface area contributed by atoms with Crippen LogP contribution in [-0.4, -0.2) is 31.1 Å². The minimum absolute atomic E-state index is 0.379. The average molecular weight is 327 g/mol. The zero-order valence-electron chi connectivity index (χ0n) is 12.4. The lowest BCUT2D eigenvalue weighted by Gasteiger charge is -2.32. The summed E-state index contributed by atoms with van der Waals surface area (Å²) in [4.78, 5) is 10.4. The number of alkyl halides is 1. The van der Waals surface area contributed by atoms with E-state index in [2.05, 4.69) is 19.6 Å². The molecule has 6 heteroatoms. The maximum Gasteiger partial charge on any atom is 0.227 e. The summed E-state index contributed by atoms with van der Waals surface area (Å²) in [5, 5.41) is 0. The molecule has 0 aliphatic heterocycles. The molecule has 1 fully saturated rings. The Hall–Kier alpha value is 0.657. The average Bonchev–Trinajstić information content (AvgIpc) is 2.27. The van der Waals surface area contributed by atoms with E-state index in [0.717, 1.165) is 12.8 Å². The summed E-state index contributed by atoms with van der Waals surface area (Å²) >= 11 is 5.78. The molecule has 1 rings (SSSR count). The van der Waals surface area contributed by atoms with Crippen LogP contribution in [0.3, 0.4) is 0 Å². The molecule has 2 unspecified atom stereocenters. The van der Waals surface area contributed by atoms with Gasteiger partial charge in [-0.3, -0.25) is 4.57 Å². The summed E-state index contributed by atoms with van der Waals surface area (Å²) in [6.07, 6.45) is 6.73. The fourth-order valence-corrected chi connectivity index (χ4v) is 7.47. The standard InChI is InChI=1S/C13H28ClO3PSi/c1-19(2,3)17-13(9-10-14)18(15,16)11-12-7-5-4-6-8-12/h12-13H,4-11H2,1-3H3,(H,15,16). The van der Waals surface area contributed by atoms with Crippen molar-refractivity contribution < 1.29 is 13.9 Å². The second-order valence-corrected chi connectivity index (χ2v) is 13.9. The van der Waals surface area contributed by atoms with E-state index in [1.165, 1.54) is 19.3 Å². The molecule has 3 nitrogen and oxygen atoms in total. The molecule has 114 valence electrons. The van der Waals surface area contributed by atoms with Crippen LogP contribution in [0.5, 0.6) is 0 Å². The fourth-order valence-electron chi connectivity index (χ4n) is 2.70. The topological polar surface area (TPSA) is 46.5 Å². The Labute approximate surface area is 123 Å². The molecule has 0 aromatic rings. The van der Waals surface area contributed by atoms with Gasteiger partial charge in [0.2, 0.25) is 7.37 Å². The van der Waals surface area contributed by atoms with Crippen LogP contribution >= 0.6 is 19.0 Å². The van der Waals surface area contributed by atoms with Gasteiger partial charge in [0.25, 0.3) is 0 Å². The van der Waals surface area contributed by atoms with Gasteiger partial charge in [0.15, 0.2) is 8.32 Å². The Bertz CT molecular complexity index is 314. The molecule has 0 aromatic carbocycles. The molecule has 0 bridgehead atoms. The number of hydrogen-bond donors (Lipinski definition) is 1. The Balaban J connectivity index is 2.65. The van der Waals surface area contributed by atoms with E-state index in [1.54, 1.807) is 0 Å². The predicted octanol–water partition coefficient (Wildman–Crippen LogP) is 4.64. The molecule has 1 saturated carbocycles. The summed E-state index contributed by atoms with van der Waals surface area (Å²) in [5.41, 5.74) is 0. The molecule has 2 atom stereocenters. The highest BCUT2D eigenvalue weighted by molar-refractivity contribution is 7.58. The van der Waals surface area contributed by atoms with Crippen LogP contribution < -0.4 is 0 Å². The van der Waals surface area contributed by atoms with Crippen molar-refractivity contribution in [3.8, 4) is 0 Å². The van der Waals surface area contributed by atoms with Gasteiger partial charge in [-0.25, -0.2) is 0 Å². The highest BCUT2D eigenvalue weighted by Gasteiger charge is 2.37. The zero-order chi connectivity index (χ0) is 14.5. The largest absolute Gasteiger partial charge is 0.405 e. The van der Waals surface area contributed by atoms with E-state index in [-0.39, 0.29) is 0 Å². The second kappa shape index (κ2) is 7.60. The lowest BCUT2D eigenvalue weighted by Crippen LogP contribution is -2.33. The van der Waals surface area contributed by atoms with Gasteiger partial charge in [-0.2, -0.15) is 0 Å². The van der Waals surface area contributed by atoms with Crippen molar-refractivity contribution in [1.82, 2.24) is 0 Å². The summed E-state index contributed by atoms with van der Waals surface area (Å²) in [7, 11) is -5.08. The van der Waals surface area contributed by atoms with Crippen LogP contribution in [0.1, 0.15) is 38.5 Å². The molecular formula is C13H28ClO3PSi. The van der Waals surface area contributed by atoms with E-state index in [1.807, 2.05) is 0 Å². The Morgan fingerprint density at radius 2 is 1.89 bits per heavy atom. The molecule has 0 heterocycles. The quantitative estimate of drug-likeness (QED) is 0.421. The number of hydrogen-bond acceptors (Lipinski definition) is 2. The number of halogens is 1. The summed E-state index contributed by atoms with van der Waals surface area (Å²) in [5.74, 6) is 0.218. The van der Waals surface area contributed by atoms with E-state index in [4.69, 9.17) is 16.0 Å². The van der Waals surface area contributed by atoms with Crippen molar-refractivity contribution in [3.63, 3.8) is 0 Å². The molecular weight excluding hydrogens is 299 g/mol. The van der Waals surface area contributed by atoms with Crippen LogP contribution in [0.2, 0.25) is 19.6 Å². The second-order valence-electron chi connectivity index (χ2n) is 6.60. The third-order valence-electron chi connectivity index (χ3n) is 3.54. The summed E-state index contributed by atoms with van der Waals surface area (Å²) in [6, 6.07) is 0. The van der Waals surface area contributed by atoms with Crippen LogP contribution in [0.15, 0.2) is 0 Å². The zero-order valence-corrected chi connectivity index (χ0v) is 15.1. The molecule has 19 heavy (non-hydrogen) atoms.